The average molecular weight is 366 g/mol. The maximum atomic E-state index is 12.8. The minimum atomic E-state index is -4.49. The third kappa shape index (κ3) is 3.67. The molecule has 1 aliphatic heterocycles. The van der Waals surface area contributed by atoms with Crippen LogP contribution in [0.1, 0.15) is 37.3 Å². The van der Waals surface area contributed by atoms with Crippen LogP contribution in [0.25, 0.3) is 0 Å². The van der Waals surface area contributed by atoms with Gasteiger partial charge in [-0.2, -0.15) is 18.4 Å². The number of esters is 1. The molecule has 138 valence electrons. The van der Waals surface area contributed by atoms with Crippen molar-refractivity contribution in [2.75, 3.05) is 6.61 Å². The molecule has 0 saturated heterocycles. The van der Waals surface area contributed by atoms with Crippen LogP contribution in [0.2, 0.25) is 0 Å². The maximum absolute atomic E-state index is 12.8. The van der Waals surface area contributed by atoms with Gasteiger partial charge in [-0.05, 0) is 24.6 Å². The third-order valence-corrected chi connectivity index (χ3v) is 3.88. The molecular weight excluding hydrogens is 349 g/mol. The number of nitrogens with two attached hydrogens (primary N) is 1. The lowest BCUT2D eigenvalue weighted by atomic mass is 9.82. The molecule has 0 spiro atoms. The Hall–Kier alpha value is -2.95. The molecule has 0 saturated carbocycles. The van der Waals surface area contributed by atoms with Crippen LogP contribution in [0.5, 0.6) is 0 Å². The number of alkyl halides is 3. The van der Waals surface area contributed by atoms with Crippen molar-refractivity contribution in [3.8, 4) is 6.07 Å². The van der Waals surface area contributed by atoms with E-state index in [4.69, 9.17) is 15.2 Å². The second kappa shape index (κ2) is 7.52. The zero-order valence-electron chi connectivity index (χ0n) is 14.2. The van der Waals surface area contributed by atoms with Crippen LogP contribution in [-0.4, -0.2) is 12.6 Å². The molecule has 2 N–H and O–H groups in total. The molecule has 26 heavy (non-hydrogen) atoms. The molecule has 0 radical (unpaired) electrons. The average Bonchev–Trinajstić information content (AvgIpc) is 2.60. The van der Waals surface area contributed by atoms with Crippen molar-refractivity contribution in [3.05, 3.63) is 58.2 Å². The number of hydrogen-bond donors (Lipinski definition) is 1. The lowest BCUT2D eigenvalue weighted by Crippen LogP contribution is -2.26. The van der Waals surface area contributed by atoms with Crippen molar-refractivity contribution in [3.63, 3.8) is 0 Å². The van der Waals surface area contributed by atoms with Gasteiger partial charge in [0.15, 0.2) is 0 Å². The smallest absolute Gasteiger partial charge is 0.416 e. The summed E-state index contributed by atoms with van der Waals surface area (Å²) in [4.78, 5) is 12.4. The number of nitrogens with zero attached hydrogens (tertiary/aromatic N) is 1. The second-order valence-electron chi connectivity index (χ2n) is 5.46. The van der Waals surface area contributed by atoms with Gasteiger partial charge in [0.2, 0.25) is 5.88 Å². The predicted octanol–water partition coefficient (Wildman–Crippen LogP) is 3.74. The molecule has 5 nitrogen and oxygen atoms in total. The predicted molar refractivity (Wildman–Crippen MR) is 86.0 cm³/mol. The number of carbonyl (C=O) groups is 1. The summed E-state index contributed by atoms with van der Waals surface area (Å²) in [5.74, 6) is -1.60. The van der Waals surface area contributed by atoms with Gasteiger partial charge in [-0.25, -0.2) is 4.79 Å². The van der Waals surface area contributed by atoms with Crippen LogP contribution in [0, 0.1) is 11.3 Å². The van der Waals surface area contributed by atoms with Gasteiger partial charge in [0.1, 0.15) is 17.4 Å². The standard InChI is InChI=1S/C18H17F3N2O3/c1-3-13-15(17(24)25-4-2)14(12(9-22)16(23)26-13)10-5-7-11(8-6-10)18(19,20)21/h5-8,14H,3-4,23H2,1-2H3/t14-/m0/s1. The quantitative estimate of drug-likeness (QED) is 0.821. The molecule has 1 atom stereocenters. The van der Waals surface area contributed by atoms with Crippen molar-refractivity contribution < 1.29 is 27.4 Å². The number of hydrogen-bond acceptors (Lipinski definition) is 5. The van der Waals surface area contributed by atoms with Gasteiger partial charge < -0.3 is 15.2 Å². The van der Waals surface area contributed by atoms with E-state index >= 15 is 0 Å². The molecule has 1 heterocycles. The zero-order valence-corrected chi connectivity index (χ0v) is 14.2. The lowest BCUT2D eigenvalue weighted by Gasteiger charge is -2.28. The Bertz CT molecular complexity index is 802. The number of halogens is 3. The largest absolute Gasteiger partial charge is 0.463 e. The molecule has 1 aromatic rings. The highest BCUT2D eigenvalue weighted by Gasteiger charge is 2.37. The first-order valence-corrected chi connectivity index (χ1v) is 7.89. The van der Waals surface area contributed by atoms with E-state index in [0.29, 0.717) is 12.0 Å². The van der Waals surface area contributed by atoms with E-state index in [0.717, 1.165) is 12.1 Å². The van der Waals surface area contributed by atoms with E-state index in [9.17, 15) is 23.2 Å². The normalized spacial score (nSPS) is 17.6. The fourth-order valence-electron chi connectivity index (χ4n) is 2.71. The second-order valence-corrected chi connectivity index (χ2v) is 5.46. The van der Waals surface area contributed by atoms with E-state index < -0.39 is 23.6 Å². The third-order valence-electron chi connectivity index (χ3n) is 3.88. The molecule has 0 amide bonds. The zero-order chi connectivity index (χ0) is 19.5. The molecule has 0 aliphatic carbocycles. The number of rotatable bonds is 4. The molecule has 0 fully saturated rings. The molecule has 0 bridgehead atoms. The van der Waals surface area contributed by atoms with Gasteiger partial charge in [-0.1, -0.05) is 19.1 Å². The molecule has 2 rings (SSSR count). The molecule has 0 unspecified atom stereocenters. The van der Waals surface area contributed by atoms with Crippen LogP contribution >= 0.6 is 0 Å². The SMILES string of the molecule is CCOC(=O)C1=C(CC)OC(N)=C(C#N)[C@@H]1c1ccc(C(F)(F)F)cc1. The van der Waals surface area contributed by atoms with Gasteiger partial charge >= 0.3 is 12.1 Å². The Morgan fingerprint density at radius 2 is 1.92 bits per heavy atom. The summed E-state index contributed by atoms with van der Waals surface area (Å²) in [6, 6.07) is 6.11. The van der Waals surface area contributed by atoms with Gasteiger partial charge in [-0.3, -0.25) is 0 Å². The van der Waals surface area contributed by atoms with E-state index in [1.165, 1.54) is 12.1 Å². The van der Waals surface area contributed by atoms with Gasteiger partial charge in [0, 0.05) is 6.42 Å². The van der Waals surface area contributed by atoms with Crippen molar-refractivity contribution in [1.29, 1.82) is 5.26 Å². The van der Waals surface area contributed by atoms with Gasteiger partial charge in [0.05, 0.1) is 23.7 Å². The van der Waals surface area contributed by atoms with Crippen LogP contribution < -0.4 is 5.73 Å². The fraction of sp³-hybridized carbons (Fsp3) is 0.333. The van der Waals surface area contributed by atoms with Gasteiger partial charge in [0.25, 0.3) is 0 Å². The minimum Gasteiger partial charge on any atom is -0.463 e. The van der Waals surface area contributed by atoms with Crippen molar-refractivity contribution in [1.82, 2.24) is 0 Å². The molecular formula is C18H17F3N2O3. The summed E-state index contributed by atoms with van der Waals surface area (Å²) in [5, 5.41) is 9.44. The number of carbonyl (C=O) groups excluding carboxylic acids is 1. The topological polar surface area (TPSA) is 85.3 Å². The van der Waals surface area contributed by atoms with E-state index in [1.807, 2.05) is 6.07 Å². The van der Waals surface area contributed by atoms with Crippen molar-refractivity contribution in [2.24, 2.45) is 5.73 Å². The highest BCUT2D eigenvalue weighted by Crippen LogP contribution is 2.41. The Kier molecular flexibility index (Phi) is 5.60. The van der Waals surface area contributed by atoms with Crippen LogP contribution in [0.4, 0.5) is 13.2 Å². The Labute approximate surface area is 148 Å². The van der Waals surface area contributed by atoms with E-state index in [2.05, 4.69) is 0 Å². The first-order valence-electron chi connectivity index (χ1n) is 7.89. The summed E-state index contributed by atoms with van der Waals surface area (Å²) < 4.78 is 48.8. The maximum Gasteiger partial charge on any atom is 0.416 e. The van der Waals surface area contributed by atoms with E-state index in [1.54, 1.807) is 13.8 Å². The monoisotopic (exact) mass is 366 g/mol. The first kappa shape index (κ1) is 19.4. The first-order chi connectivity index (χ1) is 12.2. The number of allylic oxidation sites excluding steroid dienone is 2. The fourth-order valence-corrected chi connectivity index (χ4v) is 2.71. The summed E-state index contributed by atoms with van der Waals surface area (Å²) in [5.41, 5.74) is 5.29. The van der Waals surface area contributed by atoms with Crippen molar-refractivity contribution in [2.45, 2.75) is 32.4 Å². The number of nitriles is 1. The summed E-state index contributed by atoms with van der Waals surface area (Å²) >= 11 is 0. The Morgan fingerprint density at radius 3 is 2.38 bits per heavy atom. The highest BCUT2D eigenvalue weighted by molar-refractivity contribution is 5.92. The summed E-state index contributed by atoms with van der Waals surface area (Å²) in [6.45, 7) is 3.44. The number of benzene rings is 1. The summed E-state index contributed by atoms with van der Waals surface area (Å²) in [7, 11) is 0. The van der Waals surface area contributed by atoms with Crippen LogP contribution in [0.15, 0.2) is 47.1 Å². The van der Waals surface area contributed by atoms with Crippen LogP contribution in [0.3, 0.4) is 0 Å². The van der Waals surface area contributed by atoms with E-state index in [-0.39, 0.29) is 29.4 Å². The van der Waals surface area contributed by atoms with Crippen LogP contribution in [-0.2, 0) is 20.4 Å². The lowest BCUT2D eigenvalue weighted by molar-refractivity contribution is -0.139. The number of ether oxygens (including phenoxy) is 2. The Balaban J connectivity index is 2.61. The Morgan fingerprint density at radius 1 is 1.31 bits per heavy atom. The highest BCUT2D eigenvalue weighted by atomic mass is 19.4. The molecule has 8 heteroatoms. The molecule has 1 aliphatic rings. The summed E-state index contributed by atoms with van der Waals surface area (Å²) in [6.07, 6.45) is -4.19. The van der Waals surface area contributed by atoms with Crippen molar-refractivity contribution >= 4 is 5.97 Å². The minimum absolute atomic E-state index is 0.0509. The molecule has 1 aromatic carbocycles. The molecule has 0 aromatic heterocycles. The van der Waals surface area contributed by atoms with Gasteiger partial charge in [-0.15, -0.1) is 0 Å².